The molecule has 0 aromatic heterocycles. The van der Waals surface area contributed by atoms with Crippen LogP contribution in [0.15, 0.2) is 52.3 Å². The molecular weight excluding hydrogens is 294 g/mol. The van der Waals surface area contributed by atoms with Crippen molar-refractivity contribution in [1.29, 1.82) is 0 Å². The zero-order chi connectivity index (χ0) is 15.4. The molecular formula is C14H9NO5S. The van der Waals surface area contributed by atoms with Gasteiger partial charge in [0.15, 0.2) is 6.29 Å². The molecule has 0 atom stereocenters. The van der Waals surface area contributed by atoms with Gasteiger partial charge in [0, 0.05) is 27.5 Å². The predicted octanol–water partition coefficient (Wildman–Crippen LogP) is 3.26. The summed E-state index contributed by atoms with van der Waals surface area (Å²) in [6.07, 6.45) is 0.401. The van der Waals surface area contributed by atoms with Gasteiger partial charge in [-0.05, 0) is 12.1 Å². The second-order valence-electron chi connectivity index (χ2n) is 4.00. The second kappa shape index (κ2) is 6.19. The number of carboxylic acid groups (broad SMARTS) is 1. The van der Waals surface area contributed by atoms with Gasteiger partial charge in [0.1, 0.15) is 0 Å². The number of nitro groups is 1. The Morgan fingerprint density at radius 1 is 1.24 bits per heavy atom. The van der Waals surface area contributed by atoms with Gasteiger partial charge in [-0.2, -0.15) is 0 Å². The van der Waals surface area contributed by atoms with Gasteiger partial charge >= 0.3 is 5.97 Å². The number of aromatic carboxylic acids is 1. The van der Waals surface area contributed by atoms with Crippen LogP contribution in [-0.2, 0) is 0 Å². The normalized spacial score (nSPS) is 10.1. The smallest absolute Gasteiger partial charge is 0.336 e. The van der Waals surface area contributed by atoms with Gasteiger partial charge in [0.25, 0.3) is 5.69 Å². The molecule has 0 fully saturated rings. The Balaban J connectivity index is 2.59. The van der Waals surface area contributed by atoms with Crippen molar-refractivity contribution in [3.8, 4) is 0 Å². The van der Waals surface area contributed by atoms with E-state index in [-0.39, 0.29) is 21.7 Å². The Labute approximate surface area is 123 Å². The maximum atomic E-state index is 11.2. The van der Waals surface area contributed by atoms with Gasteiger partial charge in [-0.15, -0.1) is 0 Å². The van der Waals surface area contributed by atoms with E-state index in [1.54, 1.807) is 30.3 Å². The highest BCUT2D eigenvalue weighted by atomic mass is 32.2. The number of hydrogen-bond acceptors (Lipinski definition) is 5. The molecule has 0 aliphatic heterocycles. The maximum absolute atomic E-state index is 11.2. The molecule has 0 aliphatic rings. The molecule has 0 unspecified atom stereocenters. The molecule has 0 saturated heterocycles. The fourth-order valence-corrected chi connectivity index (χ4v) is 2.71. The number of rotatable bonds is 5. The van der Waals surface area contributed by atoms with Crippen LogP contribution in [0.4, 0.5) is 5.69 Å². The van der Waals surface area contributed by atoms with Gasteiger partial charge < -0.3 is 5.11 Å². The van der Waals surface area contributed by atoms with E-state index in [2.05, 4.69) is 0 Å². The number of carbonyl (C=O) groups excluding carboxylic acids is 1. The standard InChI is InChI=1S/C14H9NO5S/c16-8-12-11(14(17)18)6-9(15(19)20)7-13(12)21-10-4-2-1-3-5-10/h1-8H,(H,17,18). The largest absolute Gasteiger partial charge is 0.478 e. The summed E-state index contributed by atoms with van der Waals surface area (Å²) in [5.41, 5.74) is -0.809. The van der Waals surface area contributed by atoms with Crippen molar-refractivity contribution in [2.75, 3.05) is 0 Å². The van der Waals surface area contributed by atoms with Gasteiger partial charge in [0.2, 0.25) is 0 Å². The lowest BCUT2D eigenvalue weighted by atomic mass is 10.1. The third-order valence-corrected chi connectivity index (χ3v) is 3.72. The number of carbonyl (C=O) groups is 2. The summed E-state index contributed by atoms with van der Waals surface area (Å²) >= 11 is 1.10. The van der Waals surface area contributed by atoms with Crippen molar-refractivity contribution in [2.24, 2.45) is 0 Å². The highest BCUT2D eigenvalue weighted by molar-refractivity contribution is 7.99. The third kappa shape index (κ3) is 3.26. The summed E-state index contributed by atoms with van der Waals surface area (Å²) < 4.78 is 0. The topological polar surface area (TPSA) is 97.5 Å². The number of nitrogens with zero attached hydrogens (tertiary/aromatic N) is 1. The molecule has 2 aromatic rings. The highest BCUT2D eigenvalue weighted by Crippen LogP contribution is 2.34. The fraction of sp³-hybridized carbons (Fsp3) is 0. The summed E-state index contributed by atoms with van der Waals surface area (Å²) in [5, 5.41) is 20.0. The highest BCUT2D eigenvalue weighted by Gasteiger charge is 2.21. The van der Waals surface area contributed by atoms with E-state index in [0.29, 0.717) is 6.29 Å². The molecule has 0 saturated carbocycles. The van der Waals surface area contributed by atoms with Crippen LogP contribution < -0.4 is 0 Å². The molecule has 1 N–H and O–H groups in total. The van der Waals surface area contributed by atoms with E-state index in [1.165, 1.54) is 6.07 Å². The number of benzene rings is 2. The van der Waals surface area contributed by atoms with E-state index in [4.69, 9.17) is 5.11 Å². The van der Waals surface area contributed by atoms with Crippen LogP contribution in [0.5, 0.6) is 0 Å². The Kier molecular flexibility index (Phi) is 4.34. The second-order valence-corrected chi connectivity index (χ2v) is 5.12. The summed E-state index contributed by atoms with van der Waals surface area (Å²) in [5.74, 6) is -1.38. The van der Waals surface area contributed by atoms with E-state index in [9.17, 15) is 19.7 Å². The Bertz CT molecular complexity index is 715. The minimum atomic E-state index is -1.38. The van der Waals surface area contributed by atoms with E-state index < -0.39 is 10.9 Å². The van der Waals surface area contributed by atoms with Crippen molar-refractivity contribution in [3.05, 3.63) is 63.7 Å². The zero-order valence-corrected chi connectivity index (χ0v) is 11.4. The van der Waals surface area contributed by atoms with Crippen molar-refractivity contribution >= 4 is 29.7 Å². The average Bonchev–Trinajstić information content (AvgIpc) is 2.47. The number of non-ortho nitro benzene ring substituents is 1. The molecule has 2 rings (SSSR count). The first-order valence-corrected chi connectivity index (χ1v) is 6.58. The summed E-state index contributed by atoms with van der Waals surface area (Å²) in [7, 11) is 0. The van der Waals surface area contributed by atoms with Crippen LogP contribution in [0.3, 0.4) is 0 Å². The maximum Gasteiger partial charge on any atom is 0.336 e. The summed E-state index contributed by atoms with van der Waals surface area (Å²) in [6, 6.07) is 11.0. The van der Waals surface area contributed by atoms with Crippen LogP contribution in [0.25, 0.3) is 0 Å². The van der Waals surface area contributed by atoms with E-state index in [1.807, 2.05) is 0 Å². The molecule has 2 aromatic carbocycles. The quantitative estimate of drug-likeness (QED) is 0.517. The lowest BCUT2D eigenvalue weighted by Crippen LogP contribution is -2.05. The number of hydrogen-bond donors (Lipinski definition) is 1. The van der Waals surface area contributed by atoms with Gasteiger partial charge in [0.05, 0.1) is 10.5 Å². The summed E-state index contributed by atoms with van der Waals surface area (Å²) in [6.45, 7) is 0. The molecule has 0 aliphatic carbocycles. The average molecular weight is 303 g/mol. The summed E-state index contributed by atoms with van der Waals surface area (Å²) in [4.78, 5) is 33.5. The minimum Gasteiger partial charge on any atom is -0.478 e. The first-order valence-electron chi connectivity index (χ1n) is 5.76. The van der Waals surface area contributed by atoms with Crippen LogP contribution in [0.2, 0.25) is 0 Å². The van der Waals surface area contributed by atoms with Gasteiger partial charge in [-0.25, -0.2) is 4.79 Å². The van der Waals surface area contributed by atoms with Crippen LogP contribution in [-0.4, -0.2) is 22.3 Å². The van der Waals surface area contributed by atoms with Crippen molar-refractivity contribution in [3.63, 3.8) is 0 Å². The van der Waals surface area contributed by atoms with Crippen molar-refractivity contribution in [1.82, 2.24) is 0 Å². The van der Waals surface area contributed by atoms with E-state index in [0.717, 1.165) is 22.7 Å². The SMILES string of the molecule is O=Cc1c(Sc2ccccc2)cc([N+](=O)[O-])cc1C(=O)O. The molecule has 0 amide bonds. The minimum absolute atomic E-state index is 0.0676. The lowest BCUT2D eigenvalue weighted by Gasteiger charge is -2.07. The molecule has 0 spiro atoms. The lowest BCUT2D eigenvalue weighted by molar-refractivity contribution is -0.385. The molecule has 0 bridgehead atoms. The Morgan fingerprint density at radius 3 is 2.43 bits per heavy atom. The molecule has 7 heteroatoms. The van der Waals surface area contributed by atoms with Crippen LogP contribution >= 0.6 is 11.8 Å². The Hall–Kier alpha value is -2.67. The fourth-order valence-electron chi connectivity index (χ4n) is 1.72. The monoisotopic (exact) mass is 303 g/mol. The molecule has 0 radical (unpaired) electrons. The Morgan fingerprint density at radius 2 is 1.90 bits per heavy atom. The van der Waals surface area contributed by atoms with Gasteiger partial charge in [-0.3, -0.25) is 14.9 Å². The zero-order valence-electron chi connectivity index (χ0n) is 10.6. The van der Waals surface area contributed by atoms with Crippen molar-refractivity contribution < 1.29 is 19.6 Å². The van der Waals surface area contributed by atoms with Crippen molar-refractivity contribution in [2.45, 2.75) is 9.79 Å². The number of nitro benzene ring substituents is 1. The number of aldehydes is 1. The van der Waals surface area contributed by atoms with Crippen LogP contribution in [0, 0.1) is 10.1 Å². The van der Waals surface area contributed by atoms with E-state index >= 15 is 0 Å². The molecule has 21 heavy (non-hydrogen) atoms. The first kappa shape index (κ1) is 14.7. The first-order chi connectivity index (χ1) is 10.0. The molecule has 106 valence electrons. The third-order valence-electron chi connectivity index (χ3n) is 2.66. The van der Waals surface area contributed by atoms with Gasteiger partial charge in [-0.1, -0.05) is 30.0 Å². The predicted molar refractivity (Wildman–Crippen MR) is 76.0 cm³/mol. The molecule has 6 nitrogen and oxygen atoms in total. The molecule has 0 heterocycles. The van der Waals surface area contributed by atoms with Crippen LogP contribution in [0.1, 0.15) is 20.7 Å². The number of carboxylic acids is 1.